The van der Waals surface area contributed by atoms with Gasteiger partial charge in [0.05, 0.1) is 0 Å². The molecule has 0 aromatic heterocycles. The number of carbonyl (C=O) groups excluding carboxylic acids is 3. The summed E-state index contributed by atoms with van der Waals surface area (Å²) in [7, 11) is 0. The number of carbonyl (C=O) groups is 3. The molecule has 2 aromatic rings. The fraction of sp³-hybridized carbons (Fsp3) is 0.348. The zero-order chi connectivity index (χ0) is 20.9. The van der Waals surface area contributed by atoms with Crippen molar-refractivity contribution >= 4 is 29.2 Å². The van der Waals surface area contributed by atoms with Crippen molar-refractivity contribution in [3.63, 3.8) is 0 Å². The lowest BCUT2D eigenvalue weighted by molar-refractivity contribution is -0.117. The Bertz CT molecular complexity index is 919. The van der Waals surface area contributed by atoms with E-state index in [1.807, 2.05) is 30.3 Å². The molecule has 1 aliphatic carbocycles. The lowest BCUT2D eigenvalue weighted by Crippen LogP contribution is -2.47. The highest BCUT2D eigenvalue weighted by Crippen LogP contribution is 2.30. The largest absolute Gasteiger partial charge is 0.349 e. The van der Waals surface area contributed by atoms with Gasteiger partial charge in [-0.15, -0.1) is 0 Å². The molecule has 0 bridgehead atoms. The lowest BCUT2D eigenvalue weighted by atomic mass is 10.0. The number of urea groups is 1. The van der Waals surface area contributed by atoms with Gasteiger partial charge < -0.3 is 20.9 Å². The fourth-order valence-corrected chi connectivity index (χ4v) is 3.55. The number of rotatable bonds is 5. The minimum atomic E-state index is -0.162. The molecule has 1 heterocycles. The van der Waals surface area contributed by atoms with E-state index in [1.54, 1.807) is 29.2 Å². The average molecular weight is 406 g/mol. The Balaban J connectivity index is 1.26. The Kier molecular flexibility index (Phi) is 5.97. The Morgan fingerprint density at radius 1 is 0.800 bits per heavy atom. The summed E-state index contributed by atoms with van der Waals surface area (Å²) >= 11 is 0. The molecule has 4 rings (SSSR count). The van der Waals surface area contributed by atoms with Gasteiger partial charge in [0, 0.05) is 42.0 Å². The standard InChI is InChI=1S/C23H26N4O3/c28-21(16-9-10-16)25-20-8-4-5-17(15-20)22(29)24-19-11-13-27(14-12-19)23(30)26-18-6-2-1-3-7-18/h1-8,15-16,19H,9-14H2,(H,24,29)(H,25,28)(H,26,30). The third kappa shape index (κ3) is 5.17. The van der Waals surface area contributed by atoms with Gasteiger partial charge >= 0.3 is 6.03 Å². The molecule has 4 amide bonds. The summed E-state index contributed by atoms with van der Waals surface area (Å²) < 4.78 is 0. The molecule has 0 radical (unpaired) electrons. The highest BCUT2D eigenvalue weighted by Gasteiger charge is 2.29. The highest BCUT2D eigenvalue weighted by atomic mass is 16.2. The van der Waals surface area contributed by atoms with Crippen LogP contribution in [-0.4, -0.2) is 41.9 Å². The molecule has 30 heavy (non-hydrogen) atoms. The first kappa shape index (κ1) is 19.9. The van der Waals surface area contributed by atoms with Gasteiger partial charge in [0.2, 0.25) is 5.91 Å². The lowest BCUT2D eigenvalue weighted by Gasteiger charge is -2.32. The summed E-state index contributed by atoms with van der Waals surface area (Å²) in [5.74, 6) is -0.0230. The van der Waals surface area contributed by atoms with E-state index in [0.717, 1.165) is 18.5 Å². The first-order valence-corrected chi connectivity index (χ1v) is 10.4. The fourth-order valence-electron chi connectivity index (χ4n) is 3.55. The molecule has 0 spiro atoms. The van der Waals surface area contributed by atoms with Gasteiger partial charge in [0.1, 0.15) is 0 Å². The van der Waals surface area contributed by atoms with Crippen LogP contribution in [-0.2, 0) is 4.79 Å². The second-order valence-electron chi connectivity index (χ2n) is 7.88. The molecule has 1 saturated carbocycles. The summed E-state index contributed by atoms with van der Waals surface area (Å²) in [6.07, 6.45) is 3.28. The normalized spacial score (nSPS) is 16.6. The van der Waals surface area contributed by atoms with E-state index in [4.69, 9.17) is 0 Å². The first-order valence-electron chi connectivity index (χ1n) is 10.4. The highest BCUT2D eigenvalue weighted by molar-refractivity contribution is 5.98. The molecular weight excluding hydrogens is 380 g/mol. The van der Waals surface area contributed by atoms with Gasteiger partial charge in [-0.1, -0.05) is 24.3 Å². The molecule has 7 heteroatoms. The molecule has 0 atom stereocenters. The molecule has 0 unspecified atom stereocenters. The van der Waals surface area contributed by atoms with Crippen molar-refractivity contribution < 1.29 is 14.4 Å². The zero-order valence-corrected chi connectivity index (χ0v) is 16.8. The predicted octanol–water partition coefficient (Wildman–Crippen LogP) is 3.46. The zero-order valence-electron chi connectivity index (χ0n) is 16.8. The molecule has 2 aliphatic rings. The van der Waals surface area contributed by atoms with Crippen LogP contribution >= 0.6 is 0 Å². The van der Waals surface area contributed by atoms with Crippen LogP contribution in [0.15, 0.2) is 54.6 Å². The summed E-state index contributed by atoms with van der Waals surface area (Å²) in [6.45, 7) is 1.17. The molecule has 2 aromatic carbocycles. The maximum atomic E-state index is 12.6. The van der Waals surface area contributed by atoms with Gasteiger partial charge in [-0.3, -0.25) is 9.59 Å². The van der Waals surface area contributed by atoms with Crippen molar-refractivity contribution in [2.24, 2.45) is 5.92 Å². The Morgan fingerprint density at radius 3 is 2.20 bits per heavy atom. The minimum absolute atomic E-state index is 0.0167. The average Bonchev–Trinajstić information content (AvgIpc) is 3.61. The molecule has 1 saturated heterocycles. The number of nitrogens with zero attached hydrogens (tertiary/aromatic N) is 1. The number of benzene rings is 2. The summed E-state index contributed by atoms with van der Waals surface area (Å²) in [6, 6.07) is 16.3. The third-order valence-corrected chi connectivity index (χ3v) is 5.48. The number of hydrogen-bond acceptors (Lipinski definition) is 3. The van der Waals surface area contributed by atoms with Crippen molar-refractivity contribution in [2.75, 3.05) is 23.7 Å². The quantitative estimate of drug-likeness (QED) is 0.710. The van der Waals surface area contributed by atoms with Crippen molar-refractivity contribution in [1.29, 1.82) is 0 Å². The van der Waals surface area contributed by atoms with Gasteiger partial charge in [0.25, 0.3) is 5.91 Å². The number of para-hydroxylation sites is 1. The van der Waals surface area contributed by atoms with Crippen LogP contribution in [0.3, 0.4) is 0 Å². The van der Waals surface area contributed by atoms with E-state index in [-0.39, 0.29) is 29.8 Å². The number of hydrogen-bond donors (Lipinski definition) is 3. The SMILES string of the molecule is O=C(NC1CCN(C(=O)Nc2ccccc2)CC1)c1cccc(NC(=O)C2CC2)c1. The Hall–Kier alpha value is -3.35. The number of nitrogens with one attached hydrogen (secondary N) is 3. The number of anilines is 2. The van der Waals surface area contributed by atoms with E-state index in [9.17, 15) is 14.4 Å². The number of amides is 4. The topological polar surface area (TPSA) is 90.5 Å². The van der Waals surface area contributed by atoms with Crippen molar-refractivity contribution in [1.82, 2.24) is 10.2 Å². The van der Waals surface area contributed by atoms with E-state index >= 15 is 0 Å². The Morgan fingerprint density at radius 2 is 1.50 bits per heavy atom. The third-order valence-electron chi connectivity index (χ3n) is 5.48. The number of likely N-dealkylation sites (tertiary alicyclic amines) is 1. The van der Waals surface area contributed by atoms with Crippen molar-refractivity contribution in [2.45, 2.75) is 31.7 Å². The maximum absolute atomic E-state index is 12.6. The van der Waals surface area contributed by atoms with Crippen LogP contribution in [0, 0.1) is 5.92 Å². The van der Waals surface area contributed by atoms with Gasteiger partial charge in [-0.2, -0.15) is 0 Å². The first-order chi connectivity index (χ1) is 14.6. The van der Waals surface area contributed by atoms with Crippen LogP contribution in [0.1, 0.15) is 36.0 Å². The monoisotopic (exact) mass is 406 g/mol. The molecule has 1 aliphatic heterocycles. The molecule has 7 nitrogen and oxygen atoms in total. The van der Waals surface area contributed by atoms with Crippen molar-refractivity contribution in [3.8, 4) is 0 Å². The molecule has 3 N–H and O–H groups in total. The van der Waals surface area contributed by atoms with Gasteiger partial charge in [-0.25, -0.2) is 4.79 Å². The summed E-state index contributed by atoms with van der Waals surface area (Å²) in [4.78, 5) is 38.7. The van der Waals surface area contributed by atoms with E-state index in [2.05, 4.69) is 16.0 Å². The minimum Gasteiger partial charge on any atom is -0.349 e. The van der Waals surface area contributed by atoms with E-state index < -0.39 is 0 Å². The maximum Gasteiger partial charge on any atom is 0.321 e. The van der Waals surface area contributed by atoms with Crippen LogP contribution in [0.25, 0.3) is 0 Å². The van der Waals surface area contributed by atoms with Crippen molar-refractivity contribution in [3.05, 3.63) is 60.2 Å². The van der Waals surface area contributed by atoms with E-state index in [0.29, 0.717) is 37.2 Å². The second kappa shape index (κ2) is 8.98. The van der Waals surface area contributed by atoms with Crippen LogP contribution in [0.2, 0.25) is 0 Å². The smallest absolute Gasteiger partial charge is 0.321 e. The van der Waals surface area contributed by atoms with Gasteiger partial charge in [0.15, 0.2) is 0 Å². The van der Waals surface area contributed by atoms with Crippen LogP contribution in [0.4, 0.5) is 16.2 Å². The van der Waals surface area contributed by atoms with Crippen LogP contribution in [0.5, 0.6) is 0 Å². The summed E-state index contributed by atoms with van der Waals surface area (Å²) in [5, 5.41) is 8.81. The molecule has 2 fully saturated rings. The summed E-state index contributed by atoms with van der Waals surface area (Å²) in [5.41, 5.74) is 1.94. The van der Waals surface area contributed by atoms with Crippen LogP contribution < -0.4 is 16.0 Å². The van der Waals surface area contributed by atoms with E-state index in [1.165, 1.54) is 0 Å². The predicted molar refractivity (Wildman–Crippen MR) is 115 cm³/mol. The molecule has 156 valence electrons. The Labute approximate surface area is 175 Å². The number of piperidine rings is 1. The molecular formula is C23H26N4O3. The second-order valence-corrected chi connectivity index (χ2v) is 7.88. The van der Waals surface area contributed by atoms with Gasteiger partial charge in [-0.05, 0) is 56.0 Å².